The minimum atomic E-state index is 0.580. The normalized spacial score (nSPS) is 10.9. The molecule has 6 heteroatoms. The van der Waals surface area contributed by atoms with Gasteiger partial charge < -0.3 is 9.47 Å². The Balaban J connectivity index is 1.69. The number of hydrazone groups is 1. The van der Waals surface area contributed by atoms with Gasteiger partial charge in [-0.1, -0.05) is 29.8 Å². The predicted molar refractivity (Wildman–Crippen MR) is 112 cm³/mol. The highest BCUT2D eigenvalue weighted by atomic mass is 32.1. The number of rotatable bonds is 8. The van der Waals surface area contributed by atoms with Gasteiger partial charge in [-0.25, -0.2) is 4.98 Å². The van der Waals surface area contributed by atoms with E-state index in [1.807, 2.05) is 37.4 Å². The Morgan fingerprint density at radius 2 is 1.85 bits per heavy atom. The Kier molecular flexibility index (Phi) is 6.44. The molecule has 2 aromatic carbocycles. The van der Waals surface area contributed by atoms with Crippen LogP contribution in [0, 0.1) is 6.92 Å². The molecule has 1 aromatic heterocycles. The van der Waals surface area contributed by atoms with Crippen LogP contribution < -0.4 is 14.9 Å². The van der Waals surface area contributed by atoms with Gasteiger partial charge in [-0.15, -0.1) is 11.3 Å². The van der Waals surface area contributed by atoms with Crippen molar-refractivity contribution in [3.63, 3.8) is 0 Å². The Bertz CT molecular complexity index is 904. The van der Waals surface area contributed by atoms with E-state index >= 15 is 0 Å². The van der Waals surface area contributed by atoms with Gasteiger partial charge in [0.2, 0.25) is 5.13 Å². The van der Waals surface area contributed by atoms with Crippen molar-refractivity contribution in [2.24, 2.45) is 5.10 Å². The third-order valence-electron chi connectivity index (χ3n) is 3.81. The lowest BCUT2D eigenvalue weighted by Crippen LogP contribution is -1.99. The van der Waals surface area contributed by atoms with Crippen molar-refractivity contribution in [3.05, 3.63) is 59.0 Å². The molecule has 0 aliphatic rings. The highest BCUT2D eigenvalue weighted by molar-refractivity contribution is 7.14. The molecule has 5 nitrogen and oxygen atoms in total. The van der Waals surface area contributed by atoms with Crippen LogP contribution in [0.2, 0.25) is 0 Å². The van der Waals surface area contributed by atoms with Crippen LogP contribution in [0.1, 0.15) is 25.0 Å². The Morgan fingerprint density at radius 1 is 1.07 bits per heavy atom. The van der Waals surface area contributed by atoms with Gasteiger partial charge in [-0.05, 0) is 32.9 Å². The van der Waals surface area contributed by atoms with Crippen molar-refractivity contribution >= 4 is 22.7 Å². The highest BCUT2D eigenvalue weighted by Crippen LogP contribution is 2.26. The van der Waals surface area contributed by atoms with E-state index in [1.54, 1.807) is 6.21 Å². The molecule has 0 saturated carbocycles. The molecular weight excluding hydrogens is 358 g/mol. The number of ether oxygens (including phenoxy) is 2. The first-order valence-electron chi connectivity index (χ1n) is 8.91. The fourth-order valence-corrected chi connectivity index (χ4v) is 3.17. The lowest BCUT2D eigenvalue weighted by atomic mass is 10.1. The van der Waals surface area contributed by atoms with Crippen LogP contribution in [-0.4, -0.2) is 24.4 Å². The summed E-state index contributed by atoms with van der Waals surface area (Å²) in [6.45, 7) is 7.18. The molecule has 1 N–H and O–H groups in total. The molecule has 0 spiro atoms. The zero-order valence-electron chi connectivity index (χ0n) is 15.7. The van der Waals surface area contributed by atoms with E-state index in [-0.39, 0.29) is 0 Å². The van der Waals surface area contributed by atoms with E-state index < -0.39 is 0 Å². The quantitative estimate of drug-likeness (QED) is 0.421. The number of benzene rings is 2. The molecule has 1 heterocycles. The molecular formula is C21H23N3O2S. The topological polar surface area (TPSA) is 55.7 Å². The first kappa shape index (κ1) is 18.9. The molecule has 3 rings (SSSR count). The largest absolute Gasteiger partial charge is 0.494 e. The molecule has 0 radical (unpaired) electrons. The van der Waals surface area contributed by atoms with Crippen molar-refractivity contribution in [1.29, 1.82) is 0 Å². The molecule has 3 aromatic rings. The molecule has 0 aliphatic carbocycles. The number of aryl methyl sites for hydroxylation is 1. The first-order valence-corrected chi connectivity index (χ1v) is 9.79. The molecule has 0 fully saturated rings. The lowest BCUT2D eigenvalue weighted by molar-refractivity contribution is 0.323. The van der Waals surface area contributed by atoms with E-state index in [0.29, 0.717) is 13.2 Å². The minimum absolute atomic E-state index is 0.580. The maximum Gasteiger partial charge on any atom is 0.203 e. The SMILES string of the molecule is CCOc1ccc(/C=N\Nc2nc(-c3ccc(C)cc3)cs2)c(OCC)c1. The average Bonchev–Trinajstić information content (AvgIpc) is 3.13. The summed E-state index contributed by atoms with van der Waals surface area (Å²) >= 11 is 1.52. The van der Waals surface area contributed by atoms with Gasteiger partial charge in [0.15, 0.2) is 0 Å². The Labute approximate surface area is 163 Å². The monoisotopic (exact) mass is 381 g/mol. The van der Waals surface area contributed by atoms with Gasteiger partial charge in [0.1, 0.15) is 11.5 Å². The summed E-state index contributed by atoms with van der Waals surface area (Å²) < 4.78 is 11.2. The van der Waals surface area contributed by atoms with Gasteiger partial charge >= 0.3 is 0 Å². The van der Waals surface area contributed by atoms with Crippen molar-refractivity contribution < 1.29 is 9.47 Å². The third kappa shape index (κ3) is 5.08. The fraction of sp³-hybridized carbons (Fsp3) is 0.238. The van der Waals surface area contributed by atoms with Crippen LogP contribution in [0.4, 0.5) is 5.13 Å². The fourth-order valence-electron chi connectivity index (χ4n) is 2.50. The van der Waals surface area contributed by atoms with Gasteiger partial charge in [-0.2, -0.15) is 5.10 Å². The van der Waals surface area contributed by atoms with E-state index in [4.69, 9.17) is 9.47 Å². The summed E-state index contributed by atoms with van der Waals surface area (Å²) in [7, 11) is 0. The van der Waals surface area contributed by atoms with Gasteiger partial charge in [0.05, 0.1) is 25.1 Å². The molecule has 0 unspecified atom stereocenters. The second-order valence-electron chi connectivity index (χ2n) is 5.84. The van der Waals surface area contributed by atoms with Crippen molar-refractivity contribution in [2.45, 2.75) is 20.8 Å². The summed E-state index contributed by atoms with van der Waals surface area (Å²) in [6, 6.07) is 14.0. The average molecular weight is 382 g/mol. The van der Waals surface area contributed by atoms with Gasteiger partial charge in [0, 0.05) is 22.6 Å². The smallest absolute Gasteiger partial charge is 0.203 e. The van der Waals surface area contributed by atoms with E-state index in [1.165, 1.54) is 16.9 Å². The standard InChI is InChI=1S/C21H23N3O2S/c1-4-25-18-11-10-17(20(12-18)26-5-2)13-22-24-21-23-19(14-27-21)16-8-6-15(3)7-9-16/h6-14H,4-5H2,1-3H3,(H,23,24)/b22-13-. The van der Waals surface area contributed by atoms with Crippen molar-refractivity contribution in [1.82, 2.24) is 4.98 Å². The molecule has 140 valence electrons. The van der Waals surface area contributed by atoms with Gasteiger partial charge in [0.25, 0.3) is 0 Å². The van der Waals surface area contributed by atoms with Crippen LogP contribution >= 0.6 is 11.3 Å². The second-order valence-corrected chi connectivity index (χ2v) is 6.70. The summed E-state index contributed by atoms with van der Waals surface area (Å²) in [5.41, 5.74) is 7.14. The van der Waals surface area contributed by atoms with Crippen LogP contribution in [0.25, 0.3) is 11.3 Å². The molecule has 0 amide bonds. The number of nitrogens with one attached hydrogen (secondary N) is 1. The van der Waals surface area contributed by atoms with Gasteiger partial charge in [-0.3, -0.25) is 5.43 Å². The zero-order chi connectivity index (χ0) is 19.1. The van der Waals surface area contributed by atoms with Crippen molar-refractivity contribution in [2.75, 3.05) is 18.6 Å². The molecule has 27 heavy (non-hydrogen) atoms. The summed E-state index contributed by atoms with van der Waals surface area (Å²) in [5.74, 6) is 1.53. The van der Waals surface area contributed by atoms with Crippen LogP contribution in [0.3, 0.4) is 0 Å². The molecule has 0 atom stereocenters. The number of aromatic nitrogens is 1. The van der Waals surface area contributed by atoms with E-state index in [0.717, 1.165) is 33.5 Å². The lowest BCUT2D eigenvalue weighted by Gasteiger charge is -2.09. The molecule has 0 bridgehead atoms. The Morgan fingerprint density at radius 3 is 2.59 bits per heavy atom. The first-order chi connectivity index (χ1) is 13.2. The zero-order valence-corrected chi connectivity index (χ0v) is 16.5. The predicted octanol–water partition coefficient (Wildman–Crippen LogP) is 5.36. The number of nitrogens with zero attached hydrogens (tertiary/aromatic N) is 2. The highest BCUT2D eigenvalue weighted by Gasteiger charge is 2.06. The molecule has 0 saturated heterocycles. The maximum atomic E-state index is 5.69. The number of thiazole rings is 1. The number of hydrogen-bond donors (Lipinski definition) is 1. The summed E-state index contributed by atoms with van der Waals surface area (Å²) in [6.07, 6.45) is 1.73. The number of anilines is 1. The maximum absolute atomic E-state index is 5.69. The van der Waals surface area contributed by atoms with Crippen LogP contribution in [0.5, 0.6) is 11.5 Å². The minimum Gasteiger partial charge on any atom is -0.494 e. The summed E-state index contributed by atoms with van der Waals surface area (Å²) in [5, 5.41) is 7.06. The second kappa shape index (κ2) is 9.19. The molecule has 0 aliphatic heterocycles. The van der Waals surface area contributed by atoms with E-state index in [2.05, 4.69) is 46.7 Å². The number of hydrogen-bond acceptors (Lipinski definition) is 6. The van der Waals surface area contributed by atoms with E-state index in [9.17, 15) is 0 Å². The van der Waals surface area contributed by atoms with Crippen LogP contribution in [-0.2, 0) is 0 Å². The van der Waals surface area contributed by atoms with Crippen LogP contribution in [0.15, 0.2) is 52.9 Å². The summed E-state index contributed by atoms with van der Waals surface area (Å²) in [4.78, 5) is 4.58. The Hall–Kier alpha value is -2.86. The third-order valence-corrected chi connectivity index (χ3v) is 4.56. The van der Waals surface area contributed by atoms with Crippen molar-refractivity contribution in [3.8, 4) is 22.8 Å².